The molecular formula is C25H20F3NO4. The number of hydrogen-bond acceptors (Lipinski definition) is 4. The Morgan fingerprint density at radius 1 is 1.00 bits per heavy atom. The van der Waals surface area contributed by atoms with Crippen molar-refractivity contribution in [2.45, 2.75) is 25.7 Å². The van der Waals surface area contributed by atoms with Crippen LogP contribution in [0.2, 0.25) is 0 Å². The second-order valence-electron chi connectivity index (χ2n) is 7.56. The molecule has 0 radical (unpaired) electrons. The van der Waals surface area contributed by atoms with Gasteiger partial charge in [-0.25, -0.2) is 0 Å². The van der Waals surface area contributed by atoms with E-state index in [2.05, 4.69) is 4.74 Å². The molecule has 3 aromatic rings. The minimum absolute atomic E-state index is 0.171. The fourth-order valence-electron chi connectivity index (χ4n) is 3.67. The van der Waals surface area contributed by atoms with Gasteiger partial charge in [0.2, 0.25) is 0 Å². The van der Waals surface area contributed by atoms with Crippen molar-refractivity contribution in [3.63, 3.8) is 0 Å². The lowest BCUT2D eigenvalue weighted by Crippen LogP contribution is -2.23. The summed E-state index contributed by atoms with van der Waals surface area (Å²) in [5.74, 6) is 0.00898. The maximum atomic E-state index is 12.9. The fraction of sp³-hybridized carbons (Fsp3) is 0.200. The summed E-state index contributed by atoms with van der Waals surface area (Å²) in [7, 11) is 1.33. The van der Waals surface area contributed by atoms with Crippen LogP contribution in [0.15, 0.2) is 66.7 Å². The molecular weight excluding hydrogens is 435 g/mol. The number of esters is 1. The molecule has 0 N–H and O–H groups in total. The number of anilines is 1. The number of hydrogen-bond donors (Lipinski definition) is 0. The fourth-order valence-corrected chi connectivity index (χ4v) is 3.67. The molecule has 4 rings (SSSR count). The molecule has 5 nitrogen and oxygen atoms in total. The Kier molecular flexibility index (Phi) is 6.09. The summed E-state index contributed by atoms with van der Waals surface area (Å²) in [5, 5.41) is 0. The number of methoxy groups -OCH3 is 1. The van der Waals surface area contributed by atoms with E-state index < -0.39 is 11.7 Å². The highest BCUT2D eigenvalue weighted by Crippen LogP contribution is 2.34. The standard InChI is InChI=1S/C25H20F3NO4/c1-32-23(30)13-16-5-11-20(12-6-16)33-15-17-3-2-4-21-22(17)14-29(24(21)31)19-9-7-18(8-10-19)25(26,27)28/h2-12H,13-15H2,1H3. The number of carbonyl (C=O) groups is 2. The lowest BCUT2D eigenvalue weighted by molar-refractivity contribution is -0.140. The molecule has 0 saturated carbocycles. The van der Waals surface area contributed by atoms with Crippen molar-refractivity contribution in [3.8, 4) is 5.75 Å². The normalized spacial score (nSPS) is 13.1. The predicted octanol–water partition coefficient (Wildman–Crippen LogP) is 5.16. The van der Waals surface area contributed by atoms with Gasteiger partial charge in [0.05, 0.1) is 25.6 Å². The lowest BCUT2D eigenvalue weighted by atomic mass is 10.0. The summed E-state index contributed by atoms with van der Waals surface area (Å²) >= 11 is 0. The number of ether oxygens (including phenoxy) is 2. The van der Waals surface area contributed by atoms with Crippen LogP contribution >= 0.6 is 0 Å². The molecule has 8 heteroatoms. The molecule has 0 aliphatic carbocycles. The van der Waals surface area contributed by atoms with Gasteiger partial charge in [-0.2, -0.15) is 13.2 Å². The Hall–Kier alpha value is -3.81. The van der Waals surface area contributed by atoms with Crippen LogP contribution in [-0.2, 0) is 35.3 Å². The van der Waals surface area contributed by atoms with Crippen molar-refractivity contribution in [1.82, 2.24) is 0 Å². The maximum absolute atomic E-state index is 12.9. The molecule has 1 aliphatic heterocycles. The van der Waals surface area contributed by atoms with E-state index in [1.54, 1.807) is 36.4 Å². The van der Waals surface area contributed by atoms with Crippen LogP contribution in [-0.4, -0.2) is 19.0 Å². The first kappa shape index (κ1) is 22.4. The van der Waals surface area contributed by atoms with Gasteiger partial charge in [0.1, 0.15) is 12.4 Å². The topological polar surface area (TPSA) is 55.8 Å². The highest BCUT2D eigenvalue weighted by atomic mass is 19.4. The number of fused-ring (bicyclic) bond motifs is 1. The van der Waals surface area contributed by atoms with E-state index >= 15 is 0 Å². The zero-order valence-corrected chi connectivity index (χ0v) is 17.7. The molecule has 0 aromatic heterocycles. The van der Waals surface area contributed by atoms with Crippen molar-refractivity contribution in [2.75, 3.05) is 12.0 Å². The van der Waals surface area contributed by atoms with E-state index in [9.17, 15) is 22.8 Å². The Labute approximate surface area is 188 Å². The molecule has 0 saturated heterocycles. The van der Waals surface area contributed by atoms with Gasteiger partial charge in [0, 0.05) is 11.3 Å². The first-order valence-electron chi connectivity index (χ1n) is 10.1. The summed E-state index contributed by atoms with van der Waals surface area (Å²) in [6.45, 7) is 0.463. The molecule has 1 heterocycles. The van der Waals surface area contributed by atoms with Crippen molar-refractivity contribution >= 4 is 17.6 Å². The molecule has 170 valence electrons. The first-order valence-corrected chi connectivity index (χ1v) is 10.1. The number of alkyl halides is 3. The van der Waals surface area contributed by atoms with Crippen LogP contribution in [0.3, 0.4) is 0 Å². The highest BCUT2D eigenvalue weighted by molar-refractivity contribution is 6.10. The second-order valence-corrected chi connectivity index (χ2v) is 7.56. The smallest absolute Gasteiger partial charge is 0.416 e. The minimum atomic E-state index is -4.43. The molecule has 33 heavy (non-hydrogen) atoms. The van der Waals surface area contributed by atoms with E-state index in [4.69, 9.17) is 4.74 Å². The number of rotatable bonds is 6. The summed E-state index contributed by atoms with van der Waals surface area (Å²) in [6.07, 6.45) is -4.26. The monoisotopic (exact) mass is 455 g/mol. The molecule has 3 aromatic carbocycles. The molecule has 0 unspecified atom stereocenters. The third-order valence-corrected chi connectivity index (χ3v) is 5.46. The summed E-state index contributed by atoms with van der Waals surface area (Å²) < 4.78 is 49.0. The van der Waals surface area contributed by atoms with Gasteiger partial charge in [-0.05, 0) is 59.2 Å². The van der Waals surface area contributed by atoms with E-state index in [1.165, 1.54) is 24.1 Å². The molecule has 1 amide bonds. The molecule has 1 aliphatic rings. The third-order valence-electron chi connectivity index (χ3n) is 5.46. The number of benzene rings is 3. The van der Waals surface area contributed by atoms with Crippen molar-refractivity contribution in [3.05, 3.63) is 94.5 Å². The Balaban J connectivity index is 1.47. The van der Waals surface area contributed by atoms with Crippen LogP contribution in [0.5, 0.6) is 5.75 Å². The van der Waals surface area contributed by atoms with Gasteiger partial charge in [0.25, 0.3) is 5.91 Å². The van der Waals surface area contributed by atoms with E-state index in [0.29, 0.717) is 17.0 Å². The van der Waals surface area contributed by atoms with Gasteiger partial charge < -0.3 is 14.4 Å². The van der Waals surface area contributed by atoms with Gasteiger partial charge in [0.15, 0.2) is 0 Å². The Morgan fingerprint density at radius 2 is 1.70 bits per heavy atom. The van der Waals surface area contributed by atoms with Crippen molar-refractivity contribution in [2.24, 2.45) is 0 Å². The van der Waals surface area contributed by atoms with E-state index in [1.807, 2.05) is 6.07 Å². The van der Waals surface area contributed by atoms with Crippen molar-refractivity contribution in [1.29, 1.82) is 0 Å². The molecule has 0 atom stereocenters. The average Bonchev–Trinajstić information content (AvgIpc) is 3.15. The first-order chi connectivity index (χ1) is 15.8. The Bertz CT molecular complexity index is 1170. The SMILES string of the molecule is COC(=O)Cc1ccc(OCc2cccc3c2CN(c2ccc(C(F)(F)F)cc2)C3=O)cc1. The van der Waals surface area contributed by atoms with Crippen LogP contribution in [0.4, 0.5) is 18.9 Å². The average molecular weight is 455 g/mol. The minimum Gasteiger partial charge on any atom is -0.489 e. The van der Waals surface area contributed by atoms with Crippen LogP contribution in [0.1, 0.15) is 32.6 Å². The molecule has 0 spiro atoms. The van der Waals surface area contributed by atoms with Gasteiger partial charge in [-0.1, -0.05) is 24.3 Å². The zero-order chi connectivity index (χ0) is 23.6. The maximum Gasteiger partial charge on any atom is 0.416 e. The number of halogens is 3. The van der Waals surface area contributed by atoms with Crippen molar-refractivity contribution < 1.29 is 32.2 Å². The van der Waals surface area contributed by atoms with Gasteiger partial charge in [-0.15, -0.1) is 0 Å². The lowest BCUT2D eigenvalue weighted by Gasteiger charge is -2.17. The largest absolute Gasteiger partial charge is 0.489 e. The zero-order valence-electron chi connectivity index (χ0n) is 17.7. The van der Waals surface area contributed by atoms with Crippen LogP contribution in [0, 0.1) is 0 Å². The van der Waals surface area contributed by atoms with Gasteiger partial charge in [-0.3, -0.25) is 9.59 Å². The number of amides is 1. The van der Waals surface area contributed by atoms with E-state index in [0.717, 1.165) is 28.8 Å². The summed E-state index contributed by atoms with van der Waals surface area (Å²) in [4.78, 5) is 25.7. The quantitative estimate of drug-likeness (QED) is 0.482. The Morgan fingerprint density at radius 3 is 2.33 bits per heavy atom. The summed E-state index contributed by atoms with van der Waals surface area (Å²) in [6, 6.07) is 16.9. The van der Waals surface area contributed by atoms with Crippen LogP contribution < -0.4 is 9.64 Å². The third kappa shape index (κ3) is 4.84. The van der Waals surface area contributed by atoms with Crippen LogP contribution in [0.25, 0.3) is 0 Å². The highest BCUT2D eigenvalue weighted by Gasteiger charge is 2.33. The van der Waals surface area contributed by atoms with E-state index in [-0.39, 0.29) is 31.4 Å². The summed E-state index contributed by atoms with van der Waals surface area (Å²) in [5.41, 5.74) is 2.54. The predicted molar refractivity (Wildman–Crippen MR) is 115 cm³/mol. The van der Waals surface area contributed by atoms with Gasteiger partial charge >= 0.3 is 12.1 Å². The number of carbonyl (C=O) groups excluding carboxylic acids is 2. The number of nitrogens with zero attached hydrogens (tertiary/aromatic N) is 1. The molecule has 0 bridgehead atoms. The molecule has 0 fully saturated rings. The second kappa shape index (κ2) is 8.97.